The van der Waals surface area contributed by atoms with Gasteiger partial charge in [-0.3, -0.25) is 4.79 Å². The minimum Gasteiger partial charge on any atom is -0.408 e. The highest BCUT2D eigenvalue weighted by Crippen LogP contribution is 2.31. The SMILES string of the molecule is CC(=O)NCC1C[N+](C)(c2ccc(-n3ccc(-c4cc(CO)on4)c3)c(F)c2)C(=O)O1. The number of benzene rings is 1. The summed E-state index contributed by atoms with van der Waals surface area (Å²) in [6.07, 6.45) is 2.39. The zero-order valence-corrected chi connectivity index (χ0v) is 17.0. The summed E-state index contributed by atoms with van der Waals surface area (Å²) < 4.78 is 26.7. The lowest BCUT2D eigenvalue weighted by Crippen LogP contribution is -2.47. The van der Waals surface area contributed by atoms with E-state index in [4.69, 9.17) is 14.4 Å². The number of halogens is 1. The molecule has 1 aliphatic rings. The van der Waals surface area contributed by atoms with Crippen LogP contribution in [-0.4, -0.2) is 53.1 Å². The maximum atomic E-state index is 15.0. The number of aliphatic hydroxyl groups excluding tert-OH is 1. The van der Waals surface area contributed by atoms with Crippen molar-refractivity contribution in [2.75, 3.05) is 20.1 Å². The van der Waals surface area contributed by atoms with Gasteiger partial charge in [0, 0.05) is 43.1 Å². The summed E-state index contributed by atoms with van der Waals surface area (Å²) in [5, 5.41) is 15.6. The molecule has 2 atom stereocenters. The zero-order valence-electron chi connectivity index (χ0n) is 17.0. The quantitative estimate of drug-likeness (QED) is 0.583. The van der Waals surface area contributed by atoms with Crippen LogP contribution in [0.5, 0.6) is 0 Å². The van der Waals surface area contributed by atoms with Gasteiger partial charge in [-0.1, -0.05) is 5.16 Å². The molecular weight excluding hydrogens is 407 g/mol. The van der Waals surface area contributed by atoms with Crippen LogP contribution in [0.3, 0.4) is 0 Å². The number of hydrogen-bond donors (Lipinski definition) is 2. The van der Waals surface area contributed by atoms with E-state index in [2.05, 4.69) is 10.5 Å². The van der Waals surface area contributed by atoms with E-state index in [1.54, 1.807) is 48.3 Å². The van der Waals surface area contributed by atoms with Gasteiger partial charge in [0.25, 0.3) is 0 Å². The Bertz CT molecular complexity index is 1140. The molecular formula is C21H22FN4O5+. The summed E-state index contributed by atoms with van der Waals surface area (Å²) in [7, 11) is 1.65. The third kappa shape index (κ3) is 3.94. The van der Waals surface area contributed by atoms with Gasteiger partial charge in [0.05, 0.1) is 19.3 Å². The van der Waals surface area contributed by atoms with Gasteiger partial charge in [-0.2, -0.15) is 9.28 Å². The molecule has 2 amide bonds. The molecule has 2 N–H and O–H groups in total. The number of ether oxygens (including phenoxy) is 1. The number of amides is 2. The number of rotatable bonds is 6. The fourth-order valence-corrected chi connectivity index (χ4v) is 3.59. The second-order valence-electron chi connectivity index (χ2n) is 7.60. The van der Waals surface area contributed by atoms with E-state index in [9.17, 15) is 9.59 Å². The topological polar surface area (TPSA) is 107 Å². The molecule has 9 nitrogen and oxygen atoms in total. The van der Waals surface area contributed by atoms with Crippen molar-refractivity contribution in [3.63, 3.8) is 0 Å². The number of quaternary nitrogens is 1. The van der Waals surface area contributed by atoms with Gasteiger partial charge < -0.3 is 24.3 Å². The highest BCUT2D eigenvalue weighted by atomic mass is 19.1. The number of aliphatic hydroxyl groups is 1. The molecule has 3 aromatic rings. The summed E-state index contributed by atoms with van der Waals surface area (Å²) in [6, 6.07) is 7.96. The molecule has 4 rings (SSSR count). The highest BCUT2D eigenvalue weighted by molar-refractivity contribution is 5.84. The molecule has 0 radical (unpaired) electrons. The lowest BCUT2D eigenvalue weighted by Gasteiger charge is -2.23. The molecule has 31 heavy (non-hydrogen) atoms. The molecule has 1 fully saturated rings. The van der Waals surface area contributed by atoms with Crippen molar-refractivity contribution >= 4 is 17.7 Å². The monoisotopic (exact) mass is 429 g/mol. The van der Waals surface area contributed by atoms with Crippen LogP contribution >= 0.6 is 0 Å². The molecule has 0 spiro atoms. The van der Waals surface area contributed by atoms with Crippen LogP contribution in [0.25, 0.3) is 16.9 Å². The molecule has 3 heterocycles. The molecule has 2 aromatic heterocycles. The molecule has 10 heteroatoms. The average Bonchev–Trinajstić information content (AvgIpc) is 3.46. The first kappa shape index (κ1) is 20.8. The van der Waals surface area contributed by atoms with Crippen LogP contribution in [0, 0.1) is 5.82 Å². The standard InChI is InChI=1S/C21H21FN4O5/c1-13(28)23-9-17-11-26(2,21(29)30-17)15-3-4-20(18(22)7-15)25-6-5-14(10-25)19-8-16(12-27)31-24-19/h3-8,10,17,27H,9,11-12H2,1-2H3/p+1. The van der Waals surface area contributed by atoms with Crippen molar-refractivity contribution in [1.29, 1.82) is 0 Å². The first-order valence-corrected chi connectivity index (χ1v) is 9.66. The van der Waals surface area contributed by atoms with Crippen molar-refractivity contribution in [1.82, 2.24) is 19.5 Å². The number of carbonyl (C=O) groups is 2. The van der Waals surface area contributed by atoms with Gasteiger partial charge in [-0.05, 0) is 12.1 Å². The van der Waals surface area contributed by atoms with Crippen LogP contribution < -0.4 is 9.80 Å². The average molecular weight is 429 g/mol. The smallest absolute Gasteiger partial charge is 0.408 e. The Labute approximate surface area is 177 Å². The number of nitrogens with zero attached hydrogens (tertiary/aromatic N) is 3. The molecule has 0 aliphatic carbocycles. The van der Waals surface area contributed by atoms with E-state index in [1.165, 1.54) is 13.0 Å². The second kappa shape index (κ2) is 7.97. The van der Waals surface area contributed by atoms with Crippen molar-refractivity contribution in [3.05, 3.63) is 54.3 Å². The summed E-state index contributed by atoms with van der Waals surface area (Å²) in [4.78, 5) is 23.6. The minimum atomic E-state index is -0.506. The Kier molecular flexibility index (Phi) is 5.34. The third-order valence-corrected chi connectivity index (χ3v) is 5.30. The number of nitrogens with one attached hydrogen (secondary N) is 1. The zero-order chi connectivity index (χ0) is 22.2. The summed E-state index contributed by atoms with van der Waals surface area (Å²) in [6.45, 7) is 1.63. The van der Waals surface area contributed by atoms with E-state index in [1.807, 2.05) is 0 Å². The molecule has 1 saturated heterocycles. The number of aromatic nitrogens is 2. The van der Waals surface area contributed by atoms with Gasteiger partial charge in [0.2, 0.25) is 5.91 Å². The Morgan fingerprint density at radius 3 is 2.87 bits per heavy atom. The van der Waals surface area contributed by atoms with E-state index in [0.29, 0.717) is 28.4 Å². The Morgan fingerprint density at radius 2 is 2.19 bits per heavy atom. The van der Waals surface area contributed by atoms with E-state index >= 15 is 4.39 Å². The van der Waals surface area contributed by atoms with Crippen LogP contribution in [-0.2, 0) is 16.1 Å². The Hall–Kier alpha value is -3.50. The first-order valence-electron chi connectivity index (χ1n) is 9.66. The van der Waals surface area contributed by atoms with Gasteiger partial charge in [0.15, 0.2) is 17.7 Å². The molecule has 1 aromatic carbocycles. The largest absolute Gasteiger partial charge is 0.521 e. The van der Waals surface area contributed by atoms with E-state index in [-0.39, 0.29) is 30.1 Å². The van der Waals surface area contributed by atoms with Gasteiger partial charge in [0.1, 0.15) is 24.5 Å². The predicted molar refractivity (Wildman–Crippen MR) is 109 cm³/mol. The summed E-state index contributed by atoms with van der Waals surface area (Å²) in [5.74, 6) is -0.380. The van der Waals surface area contributed by atoms with Crippen LogP contribution in [0.4, 0.5) is 14.9 Å². The van der Waals surface area contributed by atoms with E-state index < -0.39 is 18.0 Å². The van der Waals surface area contributed by atoms with Crippen molar-refractivity contribution in [3.8, 4) is 16.9 Å². The molecule has 162 valence electrons. The molecule has 0 bridgehead atoms. The lowest BCUT2D eigenvalue weighted by atomic mass is 10.2. The fourth-order valence-electron chi connectivity index (χ4n) is 3.59. The van der Waals surface area contributed by atoms with Crippen molar-refractivity contribution < 1.29 is 28.3 Å². The maximum Gasteiger partial charge on any atom is 0.521 e. The molecule has 1 aliphatic heterocycles. The molecule has 2 unspecified atom stereocenters. The fraction of sp³-hybridized carbons (Fsp3) is 0.286. The van der Waals surface area contributed by atoms with Gasteiger partial charge in [-0.25, -0.2) is 4.39 Å². The van der Waals surface area contributed by atoms with Crippen LogP contribution in [0.1, 0.15) is 12.7 Å². The first-order chi connectivity index (χ1) is 14.8. The Morgan fingerprint density at radius 1 is 1.39 bits per heavy atom. The van der Waals surface area contributed by atoms with Crippen molar-refractivity contribution in [2.45, 2.75) is 19.6 Å². The normalized spacial score (nSPS) is 20.6. The lowest BCUT2D eigenvalue weighted by molar-refractivity contribution is -0.119. The van der Waals surface area contributed by atoms with Gasteiger partial charge >= 0.3 is 6.09 Å². The third-order valence-electron chi connectivity index (χ3n) is 5.30. The Balaban J connectivity index is 1.56. The summed E-state index contributed by atoms with van der Waals surface area (Å²) in [5.41, 5.74) is 1.99. The molecule has 0 saturated carbocycles. The number of likely N-dealkylation sites (N-methyl/N-ethyl adjacent to an activating group) is 1. The van der Waals surface area contributed by atoms with Crippen molar-refractivity contribution in [2.24, 2.45) is 0 Å². The highest BCUT2D eigenvalue weighted by Gasteiger charge is 2.48. The van der Waals surface area contributed by atoms with Crippen LogP contribution in [0.15, 0.2) is 47.2 Å². The van der Waals surface area contributed by atoms with Gasteiger partial charge in [-0.15, -0.1) is 0 Å². The number of hydrogen-bond acceptors (Lipinski definition) is 6. The predicted octanol–water partition coefficient (Wildman–Crippen LogP) is 2.36. The van der Waals surface area contributed by atoms with Crippen LogP contribution in [0.2, 0.25) is 0 Å². The number of carbonyl (C=O) groups excluding carboxylic acids is 2. The van der Waals surface area contributed by atoms with E-state index in [0.717, 1.165) is 0 Å². The second-order valence-corrected chi connectivity index (χ2v) is 7.60. The maximum absolute atomic E-state index is 15.0. The number of cyclic esters (lactones) is 1. The summed E-state index contributed by atoms with van der Waals surface area (Å²) >= 11 is 0. The minimum absolute atomic E-state index is 0.210.